The Bertz CT molecular complexity index is 457. The largest absolute Gasteiger partial charge is 0.396 e. The minimum atomic E-state index is -0.511. The highest BCUT2D eigenvalue weighted by Gasteiger charge is 2.31. The predicted molar refractivity (Wildman–Crippen MR) is 74.4 cm³/mol. The van der Waals surface area contributed by atoms with Gasteiger partial charge in [0.25, 0.3) is 5.91 Å². The molecule has 1 unspecified atom stereocenters. The lowest BCUT2D eigenvalue weighted by atomic mass is 10.0. The number of amides is 1. The van der Waals surface area contributed by atoms with Gasteiger partial charge in [0, 0.05) is 25.3 Å². The summed E-state index contributed by atoms with van der Waals surface area (Å²) in [6.45, 7) is 5.19. The molecule has 0 aliphatic carbocycles. The quantitative estimate of drug-likeness (QED) is 0.899. The number of nitrogens with zero attached hydrogens (tertiary/aromatic N) is 1. The third-order valence-electron chi connectivity index (χ3n) is 3.54. The summed E-state index contributed by atoms with van der Waals surface area (Å²) < 4.78 is 5.44. The van der Waals surface area contributed by atoms with Crippen LogP contribution in [0.25, 0.3) is 0 Å². The second kappa shape index (κ2) is 6.17. The molecule has 1 atom stereocenters. The van der Waals surface area contributed by atoms with E-state index in [9.17, 15) is 4.79 Å². The normalized spacial score (nSPS) is 19.8. The number of benzene rings is 1. The van der Waals surface area contributed by atoms with Crippen molar-refractivity contribution < 1.29 is 14.6 Å². The zero-order chi connectivity index (χ0) is 13.8. The number of hydrogen-bond acceptors (Lipinski definition) is 3. The van der Waals surface area contributed by atoms with E-state index in [4.69, 9.17) is 9.84 Å². The van der Waals surface area contributed by atoms with Crippen LogP contribution in [0.4, 0.5) is 5.69 Å². The summed E-state index contributed by atoms with van der Waals surface area (Å²) >= 11 is 0. The summed E-state index contributed by atoms with van der Waals surface area (Å²) in [6.07, 6.45) is 0.748. The summed E-state index contributed by atoms with van der Waals surface area (Å²) in [4.78, 5) is 14.2. The molecule has 1 aromatic carbocycles. The molecule has 1 amide bonds. The molecule has 0 bridgehead atoms. The Labute approximate surface area is 114 Å². The van der Waals surface area contributed by atoms with Crippen LogP contribution in [-0.2, 0) is 16.0 Å². The first-order valence-electron chi connectivity index (χ1n) is 6.81. The predicted octanol–water partition coefficient (Wildman–Crippen LogP) is 1.67. The van der Waals surface area contributed by atoms with Gasteiger partial charge in [0.15, 0.2) is 0 Å². The molecule has 104 valence electrons. The van der Waals surface area contributed by atoms with Gasteiger partial charge < -0.3 is 14.7 Å². The number of morpholine rings is 1. The average molecular weight is 263 g/mol. The Kier molecular flexibility index (Phi) is 4.56. The first-order valence-corrected chi connectivity index (χ1v) is 6.81. The molecule has 4 heteroatoms. The van der Waals surface area contributed by atoms with E-state index < -0.39 is 6.10 Å². The maximum atomic E-state index is 12.4. The molecule has 0 spiro atoms. The van der Waals surface area contributed by atoms with E-state index in [1.165, 1.54) is 5.56 Å². The van der Waals surface area contributed by atoms with Crippen molar-refractivity contribution in [1.82, 2.24) is 0 Å². The Morgan fingerprint density at radius 1 is 1.47 bits per heavy atom. The number of aryl methyl sites for hydroxylation is 2. The van der Waals surface area contributed by atoms with E-state index in [1.807, 2.05) is 24.0 Å². The van der Waals surface area contributed by atoms with Crippen molar-refractivity contribution in [3.8, 4) is 0 Å². The zero-order valence-electron chi connectivity index (χ0n) is 11.6. The topological polar surface area (TPSA) is 49.8 Å². The minimum absolute atomic E-state index is 0.0291. The van der Waals surface area contributed by atoms with E-state index in [0.717, 1.165) is 17.7 Å². The molecule has 1 aliphatic rings. The third kappa shape index (κ3) is 2.80. The van der Waals surface area contributed by atoms with Gasteiger partial charge in [-0.05, 0) is 24.5 Å². The van der Waals surface area contributed by atoms with Crippen LogP contribution in [0.2, 0.25) is 0 Å². The number of carbonyl (C=O) groups is 1. The van der Waals surface area contributed by atoms with Crippen molar-refractivity contribution >= 4 is 11.6 Å². The first kappa shape index (κ1) is 14.0. The maximum Gasteiger partial charge on any atom is 0.256 e. The minimum Gasteiger partial charge on any atom is -0.396 e. The molecule has 0 radical (unpaired) electrons. The highest BCUT2D eigenvalue weighted by Crippen LogP contribution is 2.28. The number of anilines is 1. The number of para-hydroxylation sites is 1. The van der Waals surface area contributed by atoms with Crippen LogP contribution in [0.3, 0.4) is 0 Å². The molecular weight excluding hydrogens is 242 g/mol. The second-order valence-electron chi connectivity index (χ2n) is 4.80. The van der Waals surface area contributed by atoms with E-state index in [0.29, 0.717) is 19.6 Å². The number of ether oxygens (including phenoxy) is 1. The van der Waals surface area contributed by atoms with Crippen LogP contribution in [0.15, 0.2) is 18.2 Å². The van der Waals surface area contributed by atoms with Gasteiger partial charge in [-0.3, -0.25) is 4.79 Å². The number of carbonyl (C=O) groups excluding carboxylic acids is 1. The Balaban J connectivity index is 2.33. The Morgan fingerprint density at radius 3 is 2.95 bits per heavy atom. The van der Waals surface area contributed by atoms with Gasteiger partial charge in [-0.15, -0.1) is 0 Å². The highest BCUT2D eigenvalue weighted by atomic mass is 16.5. The lowest BCUT2D eigenvalue weighted by Crippen LogP contribution is -2.48. The molecule has 0 saturated carbocycles. The van der Waals surface area contributed by atoms with Crippen molar-refractivity contribution in [3.05, 3.63) is 29.3 Å². The van der Waals surface area contributed by atoms with Crippen molar-refractivity contribution in [1.29, 1.82) is 0 Å². The SMILES string of the molecule is CCc1cccc(C)c1N1CCOC(CCO)C1=O. The molecule has 1 N–H and O–H groups in total. The smallest absolute Gasteiger partial charge is 0.256 e. The molecule has 1 heterocycles. The van der Waals surface area contributed by atoms with Crippen LogP contribution in [0.1, 0.15) is 24.5 Å². The summed E-state index contributed by atoms with van der Waals surface area (Å²) in [7, 11) is 0. The average Bonchev–Trinajstić information content (AvgIpc) is 2.41. The number of hydrogen-bond donors (Lipinski definition) is 1. The summed E-state index contributed by atoms with van der Waals surface area (Å²) in [5.41, 5.74) is 3.30. The molecule has 0 aromatic heterocycles. The van der Waals surface area contributed by atoms with Gasteiger partial charge in [0.2, 0.25) is 0 Å². The molecule has 1 fully saturated rings. The van der Waals surface area contributed by atoms with Gasteiger partial charge >= 0.3 is 0 Å². The van der Waals surface area contributed by atoms with Crippen LogP contribution in [-0.4, -0.2) is 36.9 Å². The number of aliphatic hydroxyl groups is 1. The number of rotatable bonds is 4. The second-order valence-corrected chi connectivity index (χ2v) is 4.80. The Morgan fingerprint density at radius 2 is 2.26 bits per heavy atom. The van der Waals surface area contributed by atoms with Crippen LogP contribution >= 0.6 is 0 Å². The zero-order valence-corrected chi connectivity index (χ0v) is 11.6. The molecule has 19 heavy (non-hydrogen) atoms. The van der Waals surface area contributed by atoms with Crippen molar-refractivity contribution in [3.63, 3.8) is 0 Å². The van der Waals surface area contributed by atoms with E-state index in [-0.39, 0.29) is 12.5 Å². The van der Waals surface area contributed by atoms with Crippen molar-refractivity contribution in [2.75, 3.05) is 24.7 Å². The van der Waals surface area contributed by atoms with E-state index in [1.54, 1.807) is 0 Å². The lowest BCUT2D eigenvalue weighted by molar-refractivity contribution is -0.134. The Hall–Kier alpha value is -1.39. The summed E-state index contributed by atoms with van der Waals surface area (Å²) in [5.74, 6) is -0.0377. The van der Waals surface area contributed by atoms with Crippen LogP contribution in [0.5, 0.6) is 0 Å². The van der Waals surface area contributed by atoms with Crippen LogP contribution in [0, 0.1) is 6.92 Å². The summed E-state index contributed by atoms with van der Waals surface area (Å²) in [6, 6.07) is 6.11. The van der Waals surface area contributed by atoms with E-state index >= 15 is 0 Å². The molecule has 4 nitrogen and oxygen atoms in total. The standard InChI is InChI=1S/C15H21NO3/c1-3-12-6-4-5-11(2)14(12)16-8-10-19-13(7-9-17)15(16)18/h4-6,13,17H,3,7-10H2,1-2H3. The van der Waals surface area contributed by atoms with Gasteiger partial charge in [-0.2, -0.15) is 0 Å². The fourth-order valence-corrected chi connectivity index (χ4v) is 2.58. The monoisotopic (exact) mass is 263 g/mol. The highest BCUT2D eigenvalue weighted by molar-refractivity contribution is 5.98. The van der Waals surface area contributed by atoms with Gasteiger partial charge in [-0.1, -0.05) is 25.1 Å². The van der Waals surface area contributed by atoms with E-state index in [2.05, 4.69) is 13.0 Å². The van der Waals surface area contributed by atoms with Gasteiger partial charge in [0.05, 0.1) is 6.61 Å². The molecule has 1 aromatic rings. The van der Waals surface area contributed by atoms with Gasteiger partial charge in [-0.25, -0.2) is 0 Å². The van der Waals surface area contributed by atoms with Crippen molar-refractivity contribution in [2.45, 2.75) is 32.8 Å². The van der Waals surface area contributed by atoms with Crippen molar-refractivity contribution in [2.24, 2.45) is 0 Å². The fourth-order valence-electron chi connectivity index (χ4n) is 2.58. The molecule has 2 rings (SSSR count). The van der Waals surface area contributed by atoms with Gasteiger partial charge in [0.1, 0.15) is 6.10 Å². The first-order chi connectivity index (χ1) is 9.19. The molecule has 1 aliphatic heterocycles. The fraction of sp³-hybridized carbons (Fsp3) is 0.533. The third-order valence-corrected chi connectivity index (χ3v) is 3.54. The number of aliphatic hydroxyl groups excluding tert-OH is 1. The lowest BCUT2D eigenvalue weighted by Gasteiger charge is -2.34. The summed E-state index contributed by atoms with van der Waals surface area (Å²) in [5, 5.41) is 9.00. The maximum absolute atomic E-state index is 12.4. The van der Waals surface area contributed by atoms with Crippen LogP contribution < -0.4 is 4.90 Å². The molecule has 1 saturated heterocycles. The molecular formula is C15H21NO3.